The summed E-state index contributed by atoms with van der Waals surface area (Å²) in [5.74, 6) is -0.0464. The molecule has 162 valence electrons. The number of halogens is 2. The highest BCUT2D eigenvalue weighted by atomic mass is 35.5. The van der Waals surface area contributed by atoms with Crippen LogP contribution in [0.15, 0.2) is 47.4 Å². The number of ether oxygens (including phenoxy) is 1. The number of nitrogen functional groups attached to an aromatic ring is 1. The molecule has 0 bridgehead atoms. The Labute approximate surface area is 187 Å². The Morgan fingerprint density at radius 2 is 1.88 bits per heavy atom. The van der Waals surface area contributed by atoms with E-state index in [4.69, 9.17) is 22.1 Å². The van der Waals surface area contributed by atoms with Gasteiger partial charge in [-0.1, -0.05) is 17.7 Å². The van der Waals surface area contributed by atoms with Crippen LogP contribution in [0.4, 0.5) is 10.2 Å². The lowest BCUT2D eigenvalue weighted by molar-refractivity contribution is 0.227. The summed E-state index contributed by atoms with van der Waals surface area (Å²) in [5, 5.41) is 1.36. The number of aromatic amines is 1. The minimum absolute atomic E-state index is 0.0535. The van der Waals surface area contributed by atoms with E-state index in [1.165, 1.54) is 6.20 Å². The smallest absolute Gasteiger partial charge is 0.255 e. The lowest BCUT2D eigenvalue weighted by Crippen LogP contribution is -2.20. The number of nitrogens with zero attached hydrogens (tertiary/aromatic N) is 3. The summed E-state index contributed by atoms with van der Waals surface area (Å²) >= 11 is 6.26. The summed E-state index contributed by atoms with van der Waals surface area (Å²) in [6, 6.07) is 10.5. The van der Waals surface area contributed by atoms with E-state index in [9.17, 15) is 9.18 Å². The Balaban J connectivity index is 1.65. The van der Waals surface area contributed by atoms with Crippen LogP contribution in [-0.4, -0.2) is 40.6 Å². The molecule has 0 fully saturated rings. The van der Waals surface area contributed by atoms with Gasteiger partial charge >= 0.3 is 0 Å². The van der Waals surface area contributed by atoms with Gasteiger partial charge in [-0.05, 0) is 44.4 Å². The second kappa shape index (κ2) is 7.58. The SMILES string of the molecule is CN(C)[C@@H]1COc2ccc(-c3nc(-c4ccc5c(=O)[nH]cc(Cl)c5c4)c(N)nc3F)cc21. The monoisotopic (exact) mass is 451 g/mol. The summed E-state index contributed by atoms with van der Waals surface area (Å²) in [4.78, 5) is 25.1. The summed E-state index contributed by atoms with van der Waals surface area (Å²) < 4.78 is 20.6. The molecule has 1 atom stereocenters. The Morgan fingerprint density at radius 1 is 1.12 bits per heavy atom. The number of hydrogen-bond donors (Lipinski definition) is 2. The molecule has 2 aromatic heterocycles. The zero-order valence-corrected chi connectivity index (χ0v) is 18.1. The van der Waals surface area contributed by atoms with Crippen LogP contribution in [-0.2, 0) is 0 Å². The molecule has 32 heavy (non-hydrogen) atoms. The number of fused-ring (bicyclic) bond motifs is 2. The maximum Gasteiger partial charge on any atom is 0.255 e. The van der Waals surface area contributed by atoms with Crippen LogP contribution in [0.5, 0.6) is 5.75 Å². The molecular formula is C23H19ClFN5O2. The van der Waals surface area contributed by atoms with Crippen LogP contribution in [0.3, 0.4) is 0 Å². The number of pyridine rings is 1. The van der Waals surface area contributed by atoms with E-state index >= 15 is 0 Å². The van der Waals surface area contributed by atoms with Gasteiger partial charge in [-0.3, -0.25) is 9.69 Å². The van der Waals surface area contributed by atoms with E-state index in [0.29, 0.717) is 39.2 Å². The van der Waals surface area contributed by atoms with Crippen molar-refractivity contribution in [1.29, 1.82) is 0 Å². The van der Waals surface area contributed by atoms with Crippen molar-refractivity contribution < 1.29 is 9.13 Å². The molecule has 1 aliphatic rings. The highest BCUT2D eigenvalue weighted by Crippen LogP contribution is 2.38. The van der Waals surface area contributed by atoms with E-state index in [0.717, 1.165) is 11.3 Å². The molecule has 7 nitrogen and oxygen atoms in total. The molecule has 4 aromatic rings. The molecule has 1 aliphatic heterocycles. The standard InChI is InChI=1S/C23H19ClFN5O2/c1-30(2)17-10-32-18-6-4-11(8-15(17)18)19-21(25)29-22(26)20(28-19)12-3-5-13-14(7-12)16(24)9-27-23(13)31/h3-9,17H,10H2,1-2H3,(H2,26,29)(H,27,31)/t17-/m1/s1. The first-order valence-corrected chi connectivity index (χ1v) is 10.3. The second-order valence-corrected chi connectivity index (χ2v) is 8.27. The quantitative estimate of drug-likeness (QED) is 0.488. The van der Waals surface area contributed by atoms with Crippen molar-refractivity contribution in [1.82, 2.24) is 19.9 Å². The van der Waals surface area contributed by atoms with Gasteiger partial charge in [-0.25, -0.2) is 4.98 Å². The first kappa shape index (κ1) is 20.4. The Bertz CT molecular complexity index is 1440. The maximum absolute atomic E-state index is 14.8. The highest BCUT2D eigenvalue weighted by Gasteiger charge is 2.27. The van der Waals surface area contributed by atoms with Gasteiger partial charge in [0, 0.05) is 33.7 Å². The third kappa shape index (κ3) is 3.28. The maximum atomic E-state index is 14.8. The number of rotatable bonds is 3. The van der Waals surface area contributed by atoms with Gasteiger partial charge in [-0.15, -0.1) is 0 Å². The predicted molar refractivity (Wildman–Crippen MR) is 122 cm³/mol. The van der Waals surface area contributed by atoms with Gasteiger partial charge in [0.2, 0.25) is 5.95 Å². The van der Waals surface area contributed by atoms with Crippen LogP contribution in [0, 0.1) is 5.95 Å². The summed E-state index contributed by atoms with van der Waals surface area (Å²) in [7, 11) is 3.93. The first-order valence-electron chi connectivity index (χ1n) is 9.91. The molecule has 9 heteroatoms. The van der Waals surface area contributed by atoms with Gasteiger partial charge in [0.05, 0.1) is 11.1 Å². The summed E-state index contributed by atoms with van der Waals surface area (Å²) in [6.45, 7) is 0.532. The molecule has 0 saturated heterocycles. The second-order valence-electron chi connectivity index (χ2n) is 7.87. The summed E-state index contributed by atoms with van der Waals surface area (Å²) in [5.41, 5.74) is 8.26. The first-order chi connectivity index (χ1) is 15.3. The van der Waals surface area contributed by atoms with Crippen molar-refractivity contribution in [2.75, 3.05) is 26.4 Å². The number of nitrogens with one attached hydrogen (secondary N) is 1. The van der Waals surface area contributed by atoms with Crippen molar-refractivity contribution in [3.05, 3.63) is 69.5 Å². The van der Waals surface area contributed by atoms with Gasteiger partial charge in [0.1, 0.15) is 23.7 Å². The van der Waals surface area contributed by atoms with Crippen LogP contribution in [0.25, 0.3) is 33.3 Å². The third-order valence-corrected chi connectivity index (χ3v) is 5.98. The van der Waals surface area contributed by atoms with Gasteiger partial charge in [-0.2, -0.15) is 9.37 Å². The van der Waals surface area contributed by atoms with E-state index in [-0.39, 0.29) is 23.1 Å². The van der Waals surface area contributed by atoms with Crippen molar-refractivity contribution >= 4 is 28.2 Å². The Kier molecular flexibility index (Phi) is 4.83. The lowest BCUT2D eigenvalue weighted by atomic mass is 10.0. The topological polar surface area (TPSA) is 97.1 Å². The number of hydrogen-bond acceptors (Lipinski definition) is 6. The van der Waals surface area contributed by atoms with Crippen LogP contribution < -0.4 is 16.0 Å². The van der Waals surface area contributed by atoms with Gasteiger partial charge in [0.15, 0.2) is 5.82 Å². The zero-order chi connectivity index (χ0) is 22.6. The molecule has 0 aliphatic carbocycles. The van der Waals surface area contributed by atoms with Crippen molar-refractivity contribution in [2.45, 2.75) is 6.04 Å². The van der Waals surface area contributed by atoms with Crippen molar-refractivity contribution in [3.63, 3.8) is 0 Å². The number of benzene rings is 2. The van der Waals surface area contributed by atoms with E-state index in [2.05, 4.69) is 15.0 Å². The van der Waals surface area contributed by atoms with Crippen molar-refractivity contribution in [2.24, 2.45) is 0 Å². The number of aromatic nitrogens is 3. The molecule has 0 saturated carbocycles. The largest absolute Gasteiger partial charge is 0.491 e. The van der Waals surface area contributed by atoms with Crippen LogP contribution in [0.2, 0.25) is 5.02 Å². The molecule has 3 N–H and O–H groups in total. The number of nitrogens with two attached hydrogens (primary N) is 1. The molecular weight excluding hydrogens is 433 g/mol. The predicted octanol–water partition coefficient (Wildman–Crippen LogP) is 4.02. The van der Waals surface area contributed by atoms with Gasteiger partial charge in [0.25, 0.3) is 5.56 Å². The Hall–Kier alpha value is -3.49. The normalized spacial score (nSPS) is 15.2. The molecule has 2 aromatic carbocycles. The third-order valence-electron chi connectivity index (χ3n) is 5.67. The van der Waals surface area contributed by atoms with Crippen LogP contribution >= 0.6 is 11.6 Å². The fraction of sp³-hybridized carbons (Fsp3) is 0.174. The summed E-state index contributed by atoms with van der Waals surface area (Å²) in [6.07, 6.45) is 1.43. The average Bonchev–Trinajstić information content (AvgIpc) is 3.20. The minimum atomic E-state index is -0.762. The molecule has 0 unspecified atom stereocenters. The molecule has 0 spiro atoms. The minimum Gasteiger partial charge on any atom is -0.491 e. The van der Waals surface area contributed by atoms with Gasteiger partial charge < -0.3 is 15.5 Å². The average molecular weight is 452 g/mol. The van der Waals surface area contributed by atoms with Crippen molar-refractivity contribution in [3.8, 4) is 28.3 Å². The van der Waals surface area contributed by atoms with E-state index in [1.807, 2.05) is 31.1 Å². The molecule has 5 rings (SSSR count). The molecule has 3 heterocycles. The molecule has 0 amide bonds. The number of H-pyrrole nitrogens is 1. The van der Waals surface area contributed by atoms with E-state index < -0.39 is 5.95 Å². The number of likely N-dealkylation sites (N-methyl/N-ethyl adjacent to an activating group) is 1. The molecule has 0 radical (unpaired) electrons. The fourth-order valence-electron chi connectivity index (χ4n) is 3.97. The fourth-order valence-corrected chi connectivity index (χ4v) is 4.18. The zero-order valence-electron chi connectivity index (χ0n) is 17.3. The van der Waals surface area contributed by atoms with Crippen LogP contribution in [0.1, 0.15) is 11.6 Å². The van der Waals surface area contributed by atoms with E-state index in [1.54, 1.807) is 24.3 Å². The number of anilines is 1. The highest BCUT2D eigenvalue weighted by molar-refractivity contribution is 6.35. The lowest BCUT2D eigenvalue weighted by Gasteiger charge is -2.18. The Morgan fingerprint density at radius 3 is 2.66 bits per heavy atom.